The zero-order valence-corrected chi connectivity index (χ0v) is 8.27. The van der Waals surface area contributed by atoms with Crippen LogP contribution in [0.4, 0.5) is 0 Å². The molecule has 0 unspecified atom stereocenters. The first-order valence-electron chi connectivity index (χ1n) is 3.29. The van der Waals surface area contributed by atoms with Crippen LogP contribution in [0, 0.1) is 0 Å². The molecule has 58 valence electrons. The van der Waals surface area contributed by atoms with E-state index < -0.39 is 0 Å². The summed E-state index contributed by atoms with van der Waals surface area (Å²) in [7, 11) is 2.40. The molecule has 0 aromatic heterocycles. The van der Waals surface area contributed by atoms with Crippen molar-refractivity contribution in [1.82, 2.24) is 0 Å². The molecule has 0 heterocycles. The molecule has 0 bridgehead atoms. The monoisotopic (exact) mass is 184 g/mol. The summed E-state index contributed by atoms with van der Waals surface area (Å²) < 4.78 is 5.14. The summed E-state index contributed by atoms with van der Waals surface area (Å²) in [6.45, 7) is 2.11. The molecule has 0 aliphatic carbocycles. The van der Waals surface area contributed by atoms with Gasteiger partial charge in [-0.05, 0) is 23.4 Å². The Balaban J connectivity index is 3.06. The van der Waals surface area contributed by atoms with Gasteiger partial charge in [0, 0.05) is 5.02 Å². The molecule has 0 fully saturated rings. The molecule has 0 amide bonds. The van der Waals surface area contributed by atoms with Gasteiger partial charge < -0.3 is 4.74 Å². The summed E-state index contributed by atoms with van der Waals surface area (Å²) in [6.07, 6.45) is 0. The van der Waals surface area contributed by atoms with Gasteiger partial charge in [-0.15, -0.1) is 0 Å². The van der Waals surface area contributed by atoms with Gasteiger partial charge in [-0.3, -0.25) is 0 Å². The number of hydrogen-bond donors (Lipinski definition) is 0. The number of hydrogen-bond acceptors (Lipinski definition) is 1. The third-order valence-electron chi connectivity index (χ3n) is 1.43. The number of methoxy groups -OCH3 is 1. The van der Waals surface area contributed by atoms with Crippen LogP contribution >= 0.6 is 11.6 Å². The van der Waals surface area contributed by atoms with Crippen LogP contribution in [0.2, 0.25) is 11.6 Å². The average Bonchev–Trinajstić information content (AvgIpc) is 2.04. The van der Waals surface area contributed by atoms with Crippen molar-refractivity contribution in [3.05, 3.63) is 23.2 Å². The predicted molar refractivity (Wildman–Crippen MR) is 49.3 cm³/mol. The molecule has 0 aliphatic rings. The lowest BCUT2D eigenvalue weighted by Gasteiger charge is -2.05. The summed E-state index contributed by atoms with van der Waals surface area (Å²) in [5.41, 5.74) is 0. The van der Waals surface area contributed by atoms with E-state index >= 15 is 0 Å². The fourth-order valence-electron chi connectivity index (χ4n) is 0.876. The van der Waals surface area contributed by atoms with Gasteiger partial charge >= 0.3 is 0 Å². The van der Waals surface area contributed by atoms with Gasteiger partial charge in [0.1, 0.15) is 5.75 Å². The Morgan fingerprint density at radius 2 is 2.18 bits per heavy atom. The molecule has 1 nitrogen and oxygen atoms in total. The second-order valence-corrected chi connectivity index (χ2v) is 3.57. The second-order valence-electron chi connectivity index (χ2n) is 2.09. The van der Waals surface area contributed by atoms with Crippen LogP contribution < -0.4 is 9.92 Å². The third kappa shape index (κ3) is 1.98. The van der Waals surface area contributed by atoms with E-state index in [4.69, 9.17) is 16.3 Å². The van der Waals surface area contributed by atoms with Gasteiger partial charge in [-0.1, -0.05) is 18.1 Å². The van der Waals surface area contributed by atoms with E-state index in [0.29, 0.717) is 0 Å². The number of rotatable bonds is 2. The van der Waals surface area contributed by atoms with Gasteiger partial charge in [-0.2, -0.15) is 0 Å². The van der Waals surface area contributed by atoms with E-state index in [0.717, 1.165) is 20.3 Å². The standard InChI is InChI=1S/C8H9ClOSi/c1-10-7-4-3-6(9)5-8(7)11-2/h3-5H,1-2H3. The first kappa shape index (κ1) is 8.62. The van der Waals surface area contributed by atoms with E-state index in [9.17, 15) is 0 Å². The predicted octanol–water partition coefficient (Wildman–Crippen LogP) is 1.73. The van der Waals surface area contributed by atoms with Crippen molar-refractivity contribution in [2.75, 3.05) is 7.11 Å². The summed E-state index contributed by atoms with van der Waals surface area (Å²) in [6, 6.07) is 5.68. The van der Waals surface area contributed by atoms with Crippen molar-refractivity contribution in [2.24, 2.45) is 0 Å². The van der Waals surface area contributed by atoms with Crippen LogP contribution in [0.5, 0.6) is 5.75 Å². The molecule has 0 atom stereocenters. The summed E-state index contributed by atoms with van der Waals surface area (Å²) >= 11 is 5.80. The Labute approximate surface area is 74.2 Å². The molecule has 0 saturated carbocycles. The Morgan fingerprint density at radius 1 is 1.45 bits per heavy atom. The lowest BCUT2D eigenvalue weighted by atomic mass is 10.3. The van der Waals surface area contributed by atoms with Crippen LogP contribution in [0.15, 0.2) is 18.2 Å². The van der Waals surface area contributed by atoms with Crippen molar-refractivity contribution in [3.63, 3.8) is 0 Å². The molecule has 1 rings (SSSR count). The molecule has 1 aromatic rings. The Morgan fingerprint density at radius 3 is 2.73 bits per heavy atom. The van der Waals surface area contributed by atoms with Crippen LogP contribution in [-0.4, -0.2) is 16.6 Å². The van der Waals surface area contributed by atoms with E-state index in [2.05, 4.69) is 6.55 Å². The molecule has 11 heavy (non-hydrogen) atoms. The zero-order valence-electron chi connectivity index (χ0n) is 6.52. The minimum atomic E-state index is 0.723. The molecule has 0 spiro atoms. The summed E-state index contributed by atoms with van der Waals surface area (Å²) in [5.74, 6) is 0.926. The first-order chi connectivity index (χ1) is 5.27. The van der Waals surface area contributed by atoms with Gasteiger partial charge in [0.25, 0.3) is 0 Å². The fourth-order valence-corrected chi connectivity index (χ4v) is 1.87. The highest BCUT2D eigenvalue weighted by Crippen LogP contribution is 2.12. The smallest absolute Gasteiger partial charge is 0.117 e. The van der Waals surface area contributed by atoms with E-state index in [1.54, 1.807) is 7.11 Å². The van der Waals surface area contributed by atoms with Gasteiger partial charge in [0.2, 0.25) is 0 Å². The lowest BCUT2D eigenvalue weighted by Crippen LogP contribution is -2.13. The second kappa shape index (κ2) is 3.79. The SMILES string of the molecule is COc1ccc(Cl)cc1[Si]C. The van der Waals surface area contributed by atoms with Crippen molar-refractivity contribution in [1.29, 1.82) is 0 Å². The molecule has 2 radical (unpaired) electrons. The van der Waals surface area contributed by atoms with E-state index in [-0.39, 0.29) is 0 Å². The van der Waals surface area contributed by atoms with E-state index in [1.165, 1.54) is 5.19 Å². The zero-order chi connectivity index (χ0) is 8.27. The molecule has 0 aliphatic heterocycles. The van der Waals surface area contributed by atoms with Gasteiger partial charge in [0.15, 0.2) is 0 Å². The average molecular weight is 185 g/mol. The summed E-state index contributed by atoms with van der Waals surface area (Å²) in [4.78, 5) is 0. The minimum Gasteiger partial charge on any atom is -0.497 e. The Hall–Kier alpha value is -0.473. The van der Waals surface area contributed by atoms with Crippen molar-refractivity contribution in [2.45, 2.75) is 6.55 Å². The maximum atomic E-state index is 5.80. The van der Waals surface area contributed by atoms with Crippen molar-refractivity contribution >= 4 is 26.3 Å². The van der Waals surface area contributed by atoms with Crippen LogP contribution in [0.25, 0.3) is 0 Å². The summed E-state index contributed by atoms with van der Waals surface area (Å²) in [5, 5.41) is 1.95. The maximum Gasteiger partial charge on any atom is 0.117 e. The number of halogens is 1. The van der Waals surface area contributed by atoms with Gasteiger partial charge in [-0.25, -0.2) is 0 Å². The number of benzene rings is 1. The lowest BCUT2D eigenvalue weighted by molar-refractivity contribution is 0.418. The van der Waals surface area contributed by atoms with Crippen LogP contribution in [0.1, 0.15) is 0 Å². The maximum absolute atomic E-state index is 5.80. The molecule has 0 saturated heterocycles. The molecular formula is C8H9ClOSi. The highest BCUT2D eigenvalue weighted by atomic mass is 35.5. The highest BCUT2D eigenvalue weighted by molar-refractivity contribution is 6.53. The third-order valence-corrected chi connectivity index (χ3v) is 2.60. The van der Waals surface area contributed by atoms with Crippen LogP contribution in [0.3, 0.4) is 0 Å². The molecular weight excluding hydrogens is 176 g/mol. The molecule has 1 aromatic carbocycles. The Kier molecular flexibility index (Phi) is 2.97. The van der Waals surface area contributed by atoms with Crippen LogP contribution in [-0.2, 0) is 0 Å². The quantitative estimate of drug-likeness (QED) is 0.637. The first-order valence-corrected chi connectivity index (χ1v) is 5.17. The largest absolute Gasteiger partial charge is 0.497 e. The van der Waals surface area contributed by atoms with Crippen molar-refractivity contribution < 1.29 is 4.74 Å². The molecule has 0 N–H and O–H groups in total. The van der Waals surface area contributed by atoms with E-state index in [1.807, 2.05) is 18.2 Å². The highest BCUT2D eigenvalue weighted by Gasteiger charge is 2.00. The fraction of sp³-hybridized carbons (Fsp3) is 0.250. The van der Waals surface area contributed by atoms with Crippen molar-refractivity contribution in [3.8, 4) is 5.75 Å². The molecule has 3 heteroatoms. The topological polar surface area (TPSA) is 9.23 Å². The minimum absolute atomic E-state index is 0.723. The number of ether oxygens (including phenoxy) is 1. The van der Waals surface area contributed by atoms with Gasteiger partial charge in [0.05, 0.1) is 16.6 Å². The normalized spacial score (nSPS) is 9.73. The Bertz CT molecular complexity index is 250.